The summed E-state index contributed by atoms with van der Waals surface area (Å²) in [6, 6.07) is 10.3. The third-order valence-electron chi connectivity index (χ3n) is 3.40. The zero-order valence-corrected chi connectivity index (χ0v) is 12.0. The number of nitrogens with one attached hydrogen (secondary N) is 1. The number of benzene rings is 1. The first-order valence-electron chi connectivity index (χ1n) is 6.48. The van der Waals surface area contributed by atoms with Gasteiger partial charge in [0.2, 0.25) is 0 Å². The molecule has 0 saturated carbocycles. The molecule has 1 aromatic carbocycles. The van der Waals surface area contributed by atoms with Crippen LogP contribution in [0.15, 0.2) is 36.5 Å². The molecule has 0 bridgehead atoms. The first-order valence-corrected chi connectivity index (χ1v) is 6.48. The maximum Gasteiger partial charge on any atom is 0.0881 e. The second kappa shape index (κ2) is 5.15. The van der Waals surface area contributed by atoms with E-state index in [1.807, 2.05) is 23.9 Å². The van der Waals surface area contributed by atoms with Gasteiger partial charge >= 0.3 is 0 Å². The zero-order valence-electron chi connectivity index (χ0n) is 12.0. The van der Waals surface area contributed by atoms with Crippen molar-refractivity contribution in [2.24, 2.45) is 12.9 Å². The Balaban J connectivity index is 2.54. The molecule has 1 unspecified atom stereocenters. The normalized spacial score (nSPS) is 13.5. The summed E-state index contributed by atoms with van der Waals surface area (Å²) in [5, 5.41) is 4.22. The molecule has 0 spiro atoms. The van der Waals surface area contributed by atoms with Crippen molar-refractivity contribution in [3.8, 4) is 0 Å². The summed E-state index contributed by atoms with van der Waals surface area (Å²) >= 11 is 0. The van der Waals surface area contributed by atoms with Gasteiger partial charge in [-0.2, -0.15) is 5.10 Å². The molecule has 19 heavy (non-hydrogen) atoms. The number of nitrogens with zero attached hydrogens (tertiary/aromatic N) is 2. The first-order chi connectivity index (χ1) is 8.95. The van der Waals surface area contributed by atoms with Crippen molar-refractivity contribution < 1.29 is 0 Å². The minimum atomic E-state index is -0.0528. The minimum absolute atomic E-state index is 0.0528. The van der Waals surface area contributed by atoms with E-state index in [0.29, 0.717) is 0 Å². The Labute approximate surface area is 114 Å². The molecule has 0 aliphatic rings. The van der Waals surface area contributed by atoms with Crippen molar-refractivity contribution >= 4 is 0 Å². The lowest BCUT2D eigenvalue weighted by Gasteiger charge is -2.27. The Hall–Kier alpha value is -1.65. The molecule has 1 atom stereocenters. The highest BCUT2D eigenvalue weighted by Gasteiger charge is 2.24. The molecule has 4 nitrogen and oxygen atoms in total. The molecule has 2 aromatic rings. The molecule has 0 aliphatic heterocycles. The maximum atomic E-state index is 5.79. The van der Waals surface area contributed by atoms with Gasteiger partial charge in [-0.1, -0.05) is 45.0 Å². The molecule has 0 fully saturated rings. The molecule has 0 saturated heterocycles. The van der Waals surface area contributed by atoms with Gasteiger partial charge < -0.3 is 0 Å². The average molecular weight is 258 g/mol. The Morgan fingerprint density at radius 3 is 2.42 bits per heavy atom. The SMILES string of the molecule is Cn1nccc1C(NN)c1ccccc1C(C)(C)C. The predicted octanol–water partition coefficient (Wildman–Crippen LogP) is 2.27. The Morgan fingerprint density at radius 1 is 1.21 bits per heavy atom. The fraction of sp³-hybridized carbons (Fsp3) is 0.400. The summed E-state index contributed by atoms with van der Waals surface area (Å²) in [7, 11) is 1.93. The molecular formula is C15H22N4. The largest absolute Gasteiger partial charge is 0.271 e. The predicted molar refractivity (Wildman–Crippen MR) is 77.5 cm³/mol. The van der Waals surface area contributed by atoms with E-state index >= 15 is 0 Å². The quantitative estimate of drug-likeness (QED) is 0.656. The number of rotatable bonds is 3. The van der Waals surface area contributed by atoms with Crippen LogP contribution in [-0.2, 0) is 12.5 Å². The number of hydrazine groups is 1. The Morgan fingerprint density at radius 2 is 1.89 bits per heavy atom. The van der Waals surface area contributed by atoms with Crippen molar-refractivity contribution in [2.45, 2.75) is 32.2 Å². The maximum absolute atomic E-state index is 5.79. The molecule has 2 rings (SSSR count). The number of hydrogen-bond acceptors (Lipinski definition) is 3. The lowest BCUT2D eigenvalue weighted by molar-refractivity contribution is 0.537. The highest BCUT2D eigenvalue weighted by atomic mass is 15.3. The Bertz CT molecular complexity index is 551. The summed E-state index contributed by atoms with van der Waals surface area (Å²) < 4.78 is 1.85. The third-order valence-corrected chi connectivity index (χ3v) is 3.40. The highest BCUT2D eigenvalue weighted by molar-refractivity contribution is 5.38. The van der Waals surface area contributed by atoms with Crippen LogP contribution >= 0.6 is 0 Å². The van der Waals surface area contributed by atoms with Gasteiger partial charge in [-0.05, 0) is 22.6 Å². The molecule has 4 heteroatoms. The zero-order chi connectivity index (χ0) is 14.0. The molecular weight excluding hydrogens is 236 g/mol. The summed E-state index contributed by atoms with van der Waals surface area (Å²) in [5.41, 5.74) is 6.53. The van der Waals surface area contributed by atoms with Gasteiger partial charge in [0.1, 0.15) is 0 Å². The van der Waals surface area contributed by atoms with Crippen LogP contribution < -0.4 is 11.3 Å². The van der Waals surface area contributed by atoms with Crippen molar-refractivity contribution in [1.29, 1.82) is 0 Å². The third kappa shape index (κ3) is 2.69. The van der Waals surface area contributed by atoms with E-state index < -0.39 is 0 Å². The van der Waals surface area contributed by atoms with Gasteiger partial charge in [0.05, 0.1) is 11.7 Å². The van der Waals surface area contributed by atoms with Crippen LogP contribution in [0.2, 0.25) is 0 Å². The average Bonchev–Trinajstić information content (AvgIpc) is 2.76. The summed E-state index contributed by atoms with van der Waals surface area (Å²) in [4.78, 5) is 0. The second-order valence-electron chi connectivity index (χ2n) is 5.82. The van der Waals surface area contributed by atoms with Gasteiger partial charge in [-0.25, -0.2) is 5.43 Å². The van der Waals surface area contributed by atoms with Gasteiger partial charge in [0.25, 0.3) is 0 Å². The van der Waals surface area contributed by atoms with Crippen LogP contribution in [-0.4, -0.2) is 9.78 Å². The van der Waals surface area contributed by atoms with Crippen molar-refractivity contribution in [2.75, 3.05) is 0 Å². The number of aromatic nitrogens is 2. The van der Waals surface area contributed by atoms with Crippen molar-refractivity contribution in [1.82, 2.24) is 15.2 Å². The molecule has 1 aromatic heterocycles. The summed E-state index contributed by atoms with van der Waals surface area (Å²) in [6.45, 7) is 6.63. The van der Waals surface area contributed by atoms with Gasteiger partial charge in [0.15, 0.2) is 0 Å². The van der Waals surface area contributed by atoms with E-state index in [1.54, 1.807) is 6.20 Å². The molecule has 0 radical (unpaired) electrons. The number of nitrogens with two attached hydrogens (primary N) is 1. The molecule has 1 heterocycles. The van der Waals surface area contributed by atoms with Crippen LogP contribution in [0.3, 0.4) is 0 Å². The van der Waals surface area contributed by atoms with Crippen molar-refractivity contribution in [3.05, 3.63) is 53.3 Å². The lowest BCUT2D eigenvalue weighted by Crippen LogP contribution is -2.32. The molecule has 102 valence electrons. The van der Waals surface area contributed by atoms with E-state index in [0.717, 1.165) is 5.69 Å². The first kappa shape index (κ1) is 13.8. The second-order valence-corrected chi connectivity index (χ2v) is 5.82. The molecule has 3 N–H and O–H groups in total. The molecule has 0 amide bonds. The van der Waals surface area contributed by atoms with Gasteiger partial charge in [0, 0.05) is 13.2 Å². The molecule has 0 aliphatic carbocycles. The standard InChI is InChI=1S/C15H22N4/c1-15(2,3)12-8-6-5-7-11(12)14(18-16)13-9-10-17-19(13)4/h5-10,14,18H,16H2,1-4H3. The van der Waals surface area contributed by atoms with E-state index in [2.05, 4.69) is 49.5 Å². The monoisotopic (exact) mass is 258 g/mol. The van der Waals surface area contributed by atoms with Crippen LogP contribution in [0, 0.1) is 0 Å². The summed E-state index contributed by atoms with van der Waals surface area (Å²) in [5.74, 6) is 5.79. The topological polar surface area (TPSA) is 55.9 Å². The Kier molecular flexibility index (Phi) is 3.73. The van der Waals surface area contributed by atoms with Gasteiger partial charge in [-0.3, -0.25) is 10.5 Å². The van der Waals surface area contributed by atoms with E-state index in [9.17, 15) is 0 Å². The number of aryl methyl sites for hydroxylation is 1. The van der Waals surface area contributed by atoms with Gasteiger partial charge in [-0.15, -0.1) is 0 Å². The van der Waals surface area contributed by atoms with Crippen LogP contribution in [0.1, 0.15) is 43.6 Å². The number of hydrogen-bond donors (Lipinski definition) is 2. The van der Waals surface area contributed by atoms with Crippen molar-refractivity contribution in [3.63, 3.8) is 0 Å². The lowest BCUT2D eigenvalue weighted by atomic mass is 9.81. The van der Waals surface area contributed by atoms with E-state index in [1.165, 1.54) is 11.1 Å². The fourth-order valence-electron chi connectivity index (χ4n) is 2.43. The minimum Gasteiger partial charge on any atom is -0.271 e. The summed E-state index contributed by atoms with van der Waals surface area (Å²) in [6.07, 6.45) is 1.79. The van der Waals surface area contributed by atoms with E-state index in [4.69, 9.17) is 5.84 Å². The van der Waals surface area contributed by atoms with Crippen LogP contribution in [0.4, 0.5) is 0 Å². The van der Waals surface area contributed by atoms with E-state index in [-0.39, 0.29) is 11.5 Å². The fourth-order valence-corrected chi connectivity index (χ4v) is 2.43. The van der Waals surface area contributed by atoms with Crippen LogP contribution in [0.5, 0.6) is 0 Å². The highest BCUT2D eigenvalue weighted by Crippen LogP contribution is 2.31. The van der Waals surface area contributed by atoms with Crippen LogP contribution in [0.25, 0.3) is 0 Å². The smallest absolute Gasteiger partial charge is 0.0881 e.